The van der Waals surface area contributed by atoms with Crippen LogP contribution in [0.3, 0.4) is 0 Å². The van der Waals surface area contributed by atoms with Crippen LogP contribution in [0.25, 0.3) is 0 Å². The number of amides is 2. The van der Waals surface area contributed by atoms with Crippen molar-refractivity contribution in [3.05, 3.63) is 93.5 Å². The first-order chi connectivity index (χ1) is 17.3. The molecular weight excluding hydrogens is 483 g/mol. The molecule has 0 aromatic heterocycles. The Morgan fingerprint density at radius 2 is 1.27 bits per heavy atom. The topological polar surface area (TPSA) is 58.2 Å². The molecule has 0 fully saturated rings. The summed E-state index contributed by atoms with van der Waals surface area (Å²) in [7, 11) is 12.0. The molecule has 0 aliphatic carbocycles. The number of nitrogens with one attached hydrogen (secondary N) is 2. The summed E-state index contributed by atoms with van der Waals surface area (Å²) in [6, 6.07) is 18.7. The molecule has 0 saturated heterocycles. The maximum Gasteiger partial charge on any atom is 0.657 e. The molecule has 0 spiro atoms. The van der Waals surface area contributed by atoms with Crippen molar-refractivity contribution >= 4 is 42.3 Å². The number of hydrogen-bond acceptors (Lipinski definition) is 2. The fourth-order valence-electron chi connectivity index (χ4n) is 4.65. The molecule has 0 bridgehead atoms. The standard InChI is InChI=1S/C29H36BClN4O2/c1-8-21-9-13-23(14-10-21)28(36)32-26-18-25(31)27(17-20(26)2)33-29(37)24-15-11-22(12-16-24)19-35(6,7)30-34(3,4)5/h9-18,30H,8,19H2,1-7H3/p+2. The Kier molecular flexibility index (Phi) is 8.85. The van der Waals surface area contributed by atoms with Crippen LogP contribution in [0.5, 0.6) is 0 Å². The number of rotatable bonds is 9. The highest BCUT2D eigenvalue weighted by molar-refractivity contribution is 6.34. The van der Waals surface area contributed by atoms with Crippen LogP contribution >= 0.6 is 11.6 Å². The van der Waals surface area contributed by atoms with E-state index in [9.17, 15) is 9.59 Å². The van der Waals surface area contributed by atoms with Crippen LogP contribution in [0.15, 0.2) is 60.7 Å². The molecule has 0 heterocycles. The van der Waals surface area contributed by atoms with Crippen LogP contribution in [-0.4, -0.2) is 63.4 Å². The van der Waals surface area contributed by atoms with Gasteiger partial charge in [-0.3, -0.25) is 9.59 Å². The third kappa shape index (κ3) is 8.19. The van der Waals surface area contributed by atoms with E-state index in [1.807, 2.05) is 55.5 Å². The Balaban J connectivity index is 1.67. The van der Waals surface area contributed by atoms with Gasteiger partial charge in [-0.25, -0.2) is 0 Å². The average Bonchev–Trinajstić information content (AvgIpc) is 2.80. The number of aryl methyl sites for hydroxylation is 2. The fraction of sp³-hybridized carbons (Fsp3) is 0.310. The van der Waals surface area contributed by atoms with Gasteiger partial charge in [-0.05, 0) is 60.9 Å². The predicted molar refractivity (Wildman–Crippen MR) is 155 cm³/mol. The molecule has 0 saturated carbocycles. The van der Waals surface area contributed by atoms with Gasteiger partial charge in [0.1, 0.15) is 0 Å². The smallest absolute Gasteiger partial charge is 0.345 e. The molecule has 37 heavy (non-hydrogen) atoms. The summed E-state index contributed by atoms with van der Waals surface area (Å²) in [4.78, 5) is 25.6. The van der Waals surface area contributed by atoms with E-state index < -0.39 is 0 Å². The Labute approximate surface area is 226 Å². The Bertz CT molecular complexity index is 1270. The highest BCUT2D eigenvalue weighted by atomic mass is 35.5. The lowest BCUT2D eigenvalue weighted by Crippen LogP contribution is -2.56. The summed E-state index contributed by atoms with van der Waals surface area (Å²) in [5.74, 6) is -0.442. The van der Waals surface area contributed by atoms with Crippen molar-refractivity contribution in [3.8, 4) is 0 Å². The number of benzene rings is 3. The number of nitrogens with zero attached hydrogens (tertiary/aromatic N) is 2. The van der Waals surface area contributed by atoms with Crippen molar-refractivity contribution in [2.24, 2.45) is 0 Å². The Hall–Kier alpha value is -3.13. The summed E-state index contributed by atoms with van der Waals surface area (Å²) in [5.41, 5.74) is 5.38. The Morgan fingerprint density at radius 1 is 0.784 bits per heavy atom. The molecule has 0 atom stereocenters. The summed E-state index contributed by atoms with van der Waals surface area (Å²) < 4.78 is 1.72. The molecular formula is C29H38BClN4O2+2. The Morgan fingerprint density at radius 3 is 1.76 bits per heavy atom. The predicted octanol–water partition coefficient (Wildman–Crippen LogP) is 5.26. The number of hydrogen-bond donors (Lipinski definition) is 2. The van der Waals surface area contributed by atoms with Crippen molar-refractivity contribution in [2.75, 3.05) is 45.9 Å². The molecule has 0 unspecified atom stereocenters. The third-order valence-electron chi connectivity index (χ3n) is 6.07. The maximum absolute atomic E-state index is 12.9. The molecule has 0 aliphatic heterocycles. The van der Waals surface area contributed by atoms with Crippen molar-refractivity contribution in [1.82, 2.24) is 0 Å². The second-order valence-electron chi connectivity index (χ2n) is 11.3. The van der Waals surface area contributed by atoms with Crippen LogP contribution < -0.4 is 10.6 Å². The van der Waals surface area contributed by atoms with E-state index in [0.29, 0.717) is 27.5 Å². The molecule has 0 radical (unpaired) electrons. The lowest BCUT2D eigenvalue weighted by molar-refractivity contribution is -0.888. The van der Waals surface area contributed by atoms with Crippen LogP contribution in [0.2, 0.25) is 5.02 Å². The minimum Gasteiger partial charge on any atom is -0.345 e. The van der Waals surface area contributed by atoms with E-state index >= 15 is 0 Å². The van der Waals surface area contributed by atoms with E-state index in [1.165, 1.54) is 11.1 Å². The molecule has 6 nitrogen and oxygen atoms in total. The largest absolute Gasteiger partial charge is 0.657 e. The van der Waals surface area contributed by atoms with Crippen molar-refractivity contribution in [2.45, 2.75) is 26.8 Å². The summed E-state index contributed by atoms with van der Waals surface area (Å²) in [6.07, 6.45) is 0.919. The number of anilines is 2. The van der Waals surface area contributed by atoms with E-state index in [1.54, 1.807) is 12.1 Å². The van der Waals surface area contributed by atoms with Gasteiger partial charge in [-0.15, -0.1) is 0 Å². The van der Waals surface area contributed by atoms with Gasteiger partial charge in [0.05, 0.1) is 52.5 Å². The summed E-state index contributed by atoms with van der Waals surface area (Å²) in [6.45, 7) is 4.82. The molecule has 8 heteroatoms. The molecule has 194 valence electrons. The summed E-state index contributed by atoms with van der Waals surface area (Å²) in [5, 5.41) is 6.17. The highest BCUT2D eigenvalue weighted by Gasteiger charge is 2.31. The van der Waals surface area contributed by atoms with Gasteiger partial charge in [0, 0.05) is 22.4 Å². The van der Waals surface area contributed by atoms with Gasteiger partial charge >= 0.3 is 7.55 Å². The van der Waals surface area contributed by atoms with E-state index in [2.05, 4.69) is 52.8 Å². The fourth-order valence-corrected chi connectivity index (χ4v) is 4.86. The average molecular weight is 521 g/mol. The van der Waals surface area contributed by atoms with Gasteiger partial charge in [-0.1, -0.05) is 42.8 Å². The SMILES string of the molecule is CCc1ccc(C(=O)Nc2cc(Cl)c(NC(=O)c3ccc(C[N+](C)(C)B[N+](C)(C)C)cc3)cc2C)cc1. The lowest BCUT2D eigenvalue weighted by atomic mass is 9.97. The van der Waals surface area contributed by atoms with Gasteiger partial charge in [0.25, 0.3) is 11.8 Å². The second-order valence-corrected chi connectivity index (χ2v) is 11.7. The minimum absolute atomic E-state index is 0.207. The van der Waals surface area contributed by atoms with Crippen molar-refractivity contribution < 1.29 is 18.4 Å². The first kappa shape index (κ1) is 28.4. The number of quaternary nitrogens is 2. The number of carbonyl (C=O) groups is 2. The van der Waals surface area contributed by atoms with Crippen LogP contribution in [0.1, 0.15) is 44.3 Å². The first-order valence-electron chi connectivity index (χ1n) is 12.5. The van der Waals surface area contributed by atoms with Crippen LogP contribution in [0.4, 0.5) is 11.4 Å². The zero-order valence-electron chi connectivity index (χ0n) is 23.0. The highest BCUT2D eigenvalue weighted by Crippen LogP contribution is 2.30. The van der Waals surface area contributed by atoms with Gasteiger partial charge < -0.3 is 19.4 Å². The van der Waals surface area contributed by atoms with Crippen molar-refractivity contribution in [1.29, 1.82) is 0 Å². The monoisotopic (exact) mass is 520 g/mol. The quantitative estimate of drug-likeness (QED) is 0.378. The number of halogens is 1. The zero-order chi connectivity index (χ0) is 27.4. The molecule has 2 amide bonds. The van der Waals surface area contributed by atoms with Crippen LogP contribution in [-0.2, 0) is 13.0 Å². The van der Waals surface area contributed by atoms with Crippen LogP contribution in [0, 0.1) is 6.92 Å². The molecule has 0 aliphatic rings. The summed E-state index contributed by atoms with van der Waals surface area (Å²) >= 11 is 6.48. The van der Waals surface area contributed by atoms with Gasteiger partial charge in [0.2, 0.25) is 0 Å². The van der Waals surface area contributed by atoms with E-state index in [0.717, 1.165) is 34.9 Å². The van der Waals surface area contributed by atoms with Gasteiger partial charge in [0.15, 0.2) is 0 Å². The maximum atomic E-state index is 12.9. The van der Waals surface area contributed by atoms with E-state index in [-0.39, 0.29) is 11.8 Å². The molecule has 3 aromatic rings. The first-order valence-corrected chi connectivity index (χ1v) is 12.9. The molecule has 2 N–H and O–H groups in total. The number of carbonyl (C=O) groups excluding carboxylic acids is 2. The second kappa shape index (κ2) is 11.5. The molecule has 3 aromatic carbocycles. The van der Waals surface area contributed by atoms with Gasteiger partial charge in [-0.2, -0.15) is 0 Å². The lowest BCUT2D eigenvalue weighted by Gasteiger charge is -2.34. The van der Waals surface area contributed by atoms with E-state index in [4.69, 9.17) is 11.6 Å². The third-order valence-corrected chi connectivity index (χ3v) is 6.38. The molecule has 3 rings (SSSR count). The minimum atomic E-state index is -0.235. The zero-order valence-corrected chi connectivity index (χ0v) is 23.7. The normalized spacial score (nSPS) is 11.7. The van der Waals surface area contributed by atoms with Crippen molar-refractivity contribution in [3.63, 3.8) is 0 Å².